The summed E-state index contributed by atoms with van der Waals surface area (Å²) in [5, 5.41) is 2.96. The molecule has 3 heteroatoms. The Morgan fingerprint density at radius 3 is 2.93 bits per heavy atom. The maximum Gasteiger partial charge on any atom is 0.151 e. The molecule has 0 bridgehead atoms. The largest absolute Gasteiger partial charge is 0.298 e. The summed E-state index contributed by atoms with van der Waals surface area (Å²) in [7, 11) is 0. The number of rotatable bonds is 2. The summed E-state index contributed by atoms with van der Waals surface area (Å²) in [5.41, 5.74) is 2.02. The van der Waals surface area contributed by atoms with Crippen molar-refractivity contribution in [3.8, 4) is 0 Å². The van der Waals surface area contributed by atoms with Gasteiger partial charge in [-0.3, -0.25) is 4.79 Å². The van der Waals surface area contributed by atoms with E-state index < -0.39 is 0 Å². The van der Waals surface area contributed by atoms with E-state index in [-0.39, 0.29) is 0 Å². The normalized spacial score (nSPS) is 10.7. The minimum Gasteiger partial charge on any atom is -0.298 e. The molecule has 2 aromatic rings. The highest BCUT2D eigenvalue weighted by atomic mass is 32.1. The second-order valence-electron chi connectivity index (χ2n) is 3.10. The van der Waals surface area contributed by atoms with Crippen molar-refractivity contribution in [2.24, 2.45) is 0 Å². The third kappa shape index (κ3) is 1.37. The average Bonchev–Trinajstić information content (AvgIpc) is 2.60. The number of aldehydes is 1. The molecule has 0 radical (unpaired) electrons. The van der Waals surface area contributed by atoms with Gasteiger partial charge < -0.3 is 0 Å². The molecule has 1 heterocycles. The van der Waals surface area contributed by atoms with Crippen molar-refractivity contribution < 1.29 is 4.79 Å². The second kappa shape index (κ2) is 3.75. The lowest BCUT2D eigenvalue weighted by atomic mass is 10.1. The summed E-state index contributed by atoms with van der Waals surface area (Å²) >= 11 is 6.03. The minimum atomic E-state index is 0.785. The molecule has 0 spiro atoms. The van der Waals surface area contributed by atoms with E-state index in [1.54, 1.807) is 11.3 Å². The number of aryl methyl sites for hydroxylation is 1. The van der Waals surface area contributed by atoms with Crippen molar-refractivity contribution in [2.45, 2.75) is 18.2 Å². The number of carbonyl (C=O) groups is 1. The van der Waals surface area contributed by atoms with Crippen LogP contribution in [-0.4, -0.2) is 6.29 Å². The Morgan fingerprint density at radius 2 is 2.29 bits per heavy atom. The number of carbonyl (C=O) groups excluding carboxylic acids is 1. The van der Waals surface area contributed by atoms with Gasteiger partial charge in [0.25, 0.3) is 0 Å². The highest BCUT2D eigenvalue weighted by Crippen LogP contribution is 2.32. The van der Waals surface area contributed by atoms with Crippen LogP contribution in [0.3, 0.4) is 0 Å². The van der Waals surface area contributed by atoms with Gasteiger partial charge in [0, 0.05) is 25.9 Å². The van der Waals surface area contributed by atoms with Crippen molar-refractivity contribution in [3.05, 3.63) is 28.6 Å². The minimum absolute atomic E-state index is 0.785. The van der Waals surface area contributed by atoms with E-state index >= 15 is 0 Å². The van der Waals surface area contributed by atoms with Crippen LogP contribution in [0, 0.1) is 0 Å². The van der Waals surface area contributed by atoms with Crippen LogP contribution < -0.4 is 0 Å². The van der Waals surface area contributed by atoms with E-state index in [0.717, 1.165) is 28.6 Å². The van der Waals surface area contributed by atoms with Gasteiger partial charge in [-0.05, 0) is 18.1 Å². The monoisotopic (exact) mass is 222 g/mol. The molecule has 1 nitrogen and oxygen atoms in total. The zero-order chi connectivity index (χ0) is 10.1. The van der Waals surface area contributed by atoms with Gasteiger partial charge in [0.15, 0.2) is 6.29 Å². The molecule has 1 aromatic heterocycles. The number of hydrogen-bond donors (Lipinski definition) is 1. The van der Waals surface area contributed by atoms with Crippen LogP contribution in [0.1, 0.15) is 22.8 Å². The first-order valence-corrected chi connectivity index (χ1v) is 5.77. The first-order valence-electron chi connectivity index (χ1n) is 4.45. The number of benzene rings is 1. The molecule has 0 aliphatic heterocycles. The first kappa shape index (κ1) is 9.74. The predicted molar refractivity (Wildman–Crippen MR) is 63.8 cm³/mol. The van der Waals surface area contributed by atoms with Gasteiger partial charge >= 0.3 is 0 Å². The van der Waals surface area contributed by atoms with Gasteiger partial charge in [-0.15, -0.1) is 24.0 Å². The molecule has 0 amide bonds. The van der Waals surface area contributed by atoms with E-state index in [2.05, 4.69) is 19.6 Å². The van der Waals surface area contributed by atoms with Gasteiger partial charge in [-0.2, -0.15) is 0 Å². The molecular formula is C11H10OS2. The van der Waals surface area contributed by atoms with Crippen LogP contribution in [-0.2, 0) is 6.42 Å². The van der Waals surface area contributed by atoms with Gasteiger partial charge in [-0.25, -0.2) is 0 Å². The van der Waals surface area contributed by atoms with Crippen LogP contribution in [0.5, 0.6) is 0 Å². The molecule has 0 saturated heterocycles. The quantitative estimate of drug-likeness (QED) is 0.607. The maximum atomic E-state index is 10.8. The molecule has 72 valence electrons. The molecule has 0 aliphatic rings. The Bertz CT molecular complexity index is 485. The first-order chi connectivity index (χ1) is 6.77. The smallest absolute Gasteiger partial charge is 0.151 e. The summed E-state index contributed by atoms with van der Waals surface area (Å²) in [6, 6.07) is 3.93. The standard InChI is InChI=1S/C11H10OS2/c1-2-8-10(13)4-3-9-7(5-12)6-14-11(8)9/h3-6,13H,2H2,1H3. The molecule has 0 fully saturated rings. The third-order valence-electron chi connectivity index (χ3n) is 2.33. The van der Waals surface area contributed by atoms with Gasteiger partial charge in [0.1, 0.15) is 0 Å². The van der Waals surface area contributed by atoms with Crippen molar-refractivity contribution in [3.63, 3.8) is 0 Å². The van der Waals surface area contributed by atoms with Crippen LogP contribution in [0.25, 0.3) is 10.1 Å². The number of thiophene rings is 1. The zero-order valence-corrected chi connectivity index (χ0v) is 9.49. The highest BCUT2D eigenvalue weighted by Gasteiger charge is 2.08. The Hall–Kier alpha value is -0.800. The summed E-state index contributed by atoms with van der Waals surface area (Å²) in [6.07, 6.45) is 1.87. The molecule has 1 aromatic carbocycles. The van der Waals surface area contributed by atoms with Gasteiger partial charge in [-0.1, -0.05) is 13.0 Å². The molecule has 0 atom stereocenters. The summed E-state index contributed by atoms with van der Waals surface area (Å²) < 4.78 is 1.20. The van der Waals surface area contributed by atoms with E-state index in [4.69, 9.17) is 0 Å². The molecule has 14 heavy (non-hydrogen) atoms. The fourth-order valence-electron chi connectivity index (χ4n) is 1.60. The number of hydrogen-bond acceptors (Lipinski definition) is 3. The van der Waals surface area contributed by atoms with E-state index in [9.17, 15) is 4.79 Å². The fraction of sp³-hybridized carbons (Fsp3) is 0.182. The fourth-order valence-corrected chi connectivity index (χ4v) is 3.16. The van der Waals surface area contributed by atoms with Crippen molar-refractivity contribution in [1.29, 1.82) is 0 Å². The number of thiol groups is 1. The van der Waals surface area contributed by atoms with Crippen molar-refractivity contribution in [2.75, 3.05) is 0 Å². The summed E-state index contributed by atoms with van der Waals surface area (Å²) in [6.45, 7) is 2.11. The van der Waals surface area contributed by atoms with Crippen molar-refractivity contribution in [1.82, 2.24) is 0 Å². The summed E-state index contributed by atoms with van der Waals surface area (Å²) in [4.78, 5) is 11.8. The Balaban J connectivity index is 2.83. The SMILES string of the molecule is CCc1c(S)ccc2c(C=O)csc12. The van der Waals surface area contributed by atoms with Crippen LogP contribution in [0.15, 0.2) is 22.4 Å². The lowest BCUT2D eigenvalue weighted by Gasteiger charge is -2.03. The van der Waals surface area contributed by atoms with Crippen molar-refractivity contribution >= 4 is 40.3 Å². The topological polar surface area (TPSA) is 17.1 Å². The zero-order valence-electron chi connectivity index (χ0n) is 7.78. The second-order valence-corrected chi connectivity index (χ2v) is 4.46. The highest BCUT2D eigenvalue weighted by molar-refractivity contribution is 7.80. The molecule has 2 rings (SSSR count). The Labute approximate surface area is 92.2 Å². The van der Waals surface area contributed by atoms with Crippen LogP contribution in [0.4, 0.5) is 0 Å². The molecule has 0 unspecified atom stereocenters. The third-order valence-corrected chi connectivity index (χ3v) is 3.82. The summed E-state index contributed by atoms with van der Waals surface area (Å²) in [5.74, 6) is 0. The Kier molecular flexibility index (Phi) is 2.61. The lowest BCUT2D eigenvalue weighted by Crippen LogP contribution is -1.84. The molecular weight excluding hydrogens is 212 g/mol. The predicted octanol–water partition coefficient (Wildman–Crippen LogP) is 3.56. The lowest BCUT2D eigenvalue weighted by molar-refractivity contribution is 0.112. The molecule has 0 aliphatic carbocycles. The van der Waals surface area contributed by atoms with Gasteiger partial charge in [0.05, 0.1) is 0 Å². The van der Waals surface area contributed by atoms with Crippen LogP contribution in [0.2, 0.25) is 0 Å². The Morgan fingerprint density at radius 1 is 1.50 bits per heavy atom. The number of fused-ring (bicyclic) bond motifs is 1. The molecule has 0 N–H and O–H groups in total. The van der Waals surface area contributed by atoms with E-state index in [0.29, 0.717) is 0 Å². The average molecular weight is 222 g/mol. The van der Waals surface area contributed by atoms with Gasteiger partial charge in [0.2, 0.25) is 0 Å². The molecule has 0 saturated carbocycles. The van der Waals surface area contributed by atoms with Crippen LogP contribution >= 0.6 is 24.0 Å². The maximum absolute atomic E-state index is 10.8. The van der Waals surface area contributed by atoms with E-state index in [1.165, 1.54) is 10.3 Å². The van der Waals surface area contributed by atoms with E-state index in [1.807, 2.05) is 17.5 Å².